The fraction of sp³-hybridized carbons (Fsp3) is 0.600. The predicted octanol–water partition coefficient (Wildman–Crippen LogP) is 2.18. The lowest BCUT2D eigenvalue weighted by Crippen LogP contribution is -2.12. The molecule has 0 radical (unpaired) electrons. The first kappa shape index (κ1) is 11.5. The molecule has 0 fully saturated rings. The van der Waals surface area contributed by atoms with Crippen LogP contribution in [0.15, 0.2) is 23.8 Å². The van der Waals surface area contributed by atoms with Crippen LogP contribution in [0.25, 0.3) is 0 Å². The molecule has 0 spiro atoms. The van der Waals surface area contributed by atoms with Gasteiger partial charge >= 0.3 is 0 Å². The summed E-state index contributed by atoms with van der Waals surface area (Å²) in [4.78, 5) is 0. The Kier molecular flexibility index (Phi) is 3.50. The normalized spacial score (nSPS) is 23.0. The van der Waals surface area contributed by atoms with Crippen LogP contribution in [0.5, 0.6) is 0 Å². The van der Waals surface area contributed by atoms with Crippen molar-refractivity contribution in [2.24, 2.45) is 5.92 Å². The van der Waals surface area contributed by atoms with Gasteiger partial charge in [-0.15, -0.1) is 0 Å². The van der Waals surface area contributed by atoms with Gasteiger partial charge in [-0.3, -0.25) is 4.55 Å². The number of rotatable bonds is 3. The first-order valence-corrected chi connectivity index (χ1v) is 6.28. The van der Waals surface area contributed by atoms with Crippen molar-refractivity contribution in [3.8, 4) is 0 Å². The fourth-order valence-electron chi connectivity index (χ4n) is 1.70. The monoisotopic (exact) mass is 216 g/mol. The molecule has 0 aromatic heterocycles. The van der Waals surface area contributed by atoms with E-state index in [4.69, 9.17) is 4.55 Å². The first-order chi connectivity index (χ1) is 6.38. The van der Waals surface area contributed by atoms with Crippen LogP contribution >= 0.6 is 0 Å². The predicted molar refractivity (Wildman–Crippen MR) is 56.7 cm³/mol. The molecule has 14 heavy (non-hydrogen) atoms. The van der Waals surface area contributed by atoms with Crippen molar-refractivity contribution in [3.05, 3.63) is 23.8 Å². The van der Waals surface area contributed by atoms with E-state index in [1.54, 1.807) is 0 Å². The quantitative estimate of drug-likeness (QED) is 0.581. The van der Waals surface area contributed by atoms with Crippen LogP contribution < -0.4 is 0 Å². The minimum absolute atomic E-state index is 0.212. The SMILES string of the molecule is C=C(C)C1CC=C(CS(=O)(=O)O)CC1. The summed E-state index contributed by atoms with van der Waals surface area (Å²) in [6.45, 7) is 5.87. The van der Waals surface area contributed by atoms with Crippen molar-refractivity contribution in [1.29, 1.82) is 0 Å². The summed E-state index contributed by atoms with van der Waals surface area (Å²) in [5, 5.41) is 0. The van der Waals surface area contributed by atoms with Crippen LogP contribution in [-0.2, 0) is 10.1 Å². The highest BCUT2D eigenvalue weighted by molar-refractivity contribution is 7.85. The maximum Gasteiger partial charge on any atom is 0.268 e. The van der Waals surface area contributed by atoms with Crippen LogP contribution in [0.3, 0.4) is 0 Å². The van der Waals surface area contributed by atoms with Crippen LogP contribution in [-0.4, -0.2) is 18.7 Å². The topological polar surface area (TPSA) is 54.4 Å². The molecular weight excluding hydrogens is 200 g/mol. The lowest BCUT2D eigenvalue weighted by molar-refractivity contribution is 0.481. The second-order valence-electron chi connectivity index (χ2n) is 3.91. The van der Waals surface area contributed by atoms with Gasteiger partial charge in [0.15, 0.2) is 0 Å². The summed E-state index contributed by atoms with van der Waals surface area (Å²) in [7, 11) is -3.85. The Morgan fingerprint density at radius 2 is 2.36 bits per heavy atom. The Morgan fingerprint density at radius 3 is 2.71 bits per heavy atom. The molecule has 4 heteroatoms. The third-order valence-electron chi connectivity index (χ3n) is 2.57. The van der Waals surface area contributed by atoms with Crippen molar-refractivity contribution < 1.29 is 13.0 Å². The minimum Gasteiger partial charge on any atom is -0.285 e. The highest BCUT2D eigenvalue weighted by atomic mass is 32.2. The minimum atomic E-state index is -3.85. The van der Waals surface area contributed by atoms with Gasteiger partial charge in [-0.2, -0.15) is 8.42 Å². The van der Waals surface area contributed by atoms with Crippen molar-refractivity contribution in [2.45, 2.75) is 26.2 Å². The smallest absolute Gasteiger partial charge is 0.268 e. The first-order valence-electron chi connectivity index (χ1n) is 4.67. The third kappa shape index (κ3) is 3.64. The molecule has 0 saturated carbocycles. The molecule has 0 aromatic rings. The van der Waals surface area contributed by atoms with Crippen molar-refractivity contribution in [1.82, 2.24) is 0 Å². The largest absolute Gasteiger partial charge is 0.285 e. The highest BCUT2D eigenvalue weighted by Crippen LogP contribution is 2.28. The average Bonchev–Trinajstić information content (AvgIpc) is 2.02. The lowest BCUT2D eigenvalue weighted by Gasteiger charge is -2.21. The number of allylic oxidation sites excluding steroid dienone is 2. The molecule has 0 saturated heterocycles. The van der Waals surface area contributed by atoms with Gasteiger partial charge in [0.2, 0.25) is 0 Å². The van der Waals surface area contributed by atoms with Gasteiger partial charge < -0.3 is 0 Å². The Hall–Kier alpha value is -0.610. The second-order valence-corrected chi connectivity index (χ2v) is 5.36. The third-order valence-corrected chi connectivity index (χ3v) is 3.31. The fourth-order valence-corrected chi connectivity index (χ4v) is 2.43. The van der Waals surface area contributed by atoms with E-state index in [0.717, 1.165) is 30.4 Å². The zero-order valence-electron chi connectivity index (χ0n) is 8.36. The van der Waals surface area contributed by atoms with E-state index >= 15 is 0 Å². The summed E-state index contributed by atoms with van der Waals surface area (Å²) in [5.74, 6) is 0.260. The van der Waals surface area contributed by atoms with Gasteiger partial charge in [-0.05, 0) is 32.1 Å². The molecule has 0 aromatic carbocycles. The van der Waals surface area contributed by atoms with Gasteiger partial charge in [-0.1, -0.05) is 23.8 Å². The Bertz CT molecular complexity index is 352. The van der Waals surface area contributed by atoms with E-state index in [1.165, 1.54) is 0 Å². The van der Waals surface area contributed by atoms with E-state index in [1.807, 2.05) is 13.0 Å². The maximum absolute atomic E-state index is 10.6. The molecule has 3 nitrogen and oxygen atoms in total. The second kappa shape index (κ2) is 4.28. The maximum atomic E-state index is 10.6. The van der Waals surface area contributed by atoms with Crippen LogP contribution in [0.2, 0.25) is 0 Å². The van der Waals surface area contributed by atoms with Gasteiger partial charge in [0.1, 0.15) is 0 Å². The summed E-state index contributed by atoms with van der Waals surface area (Å²) in [6.07, 6.45) is 4.45. The summed E-state index contributed by atoms with van der Waals surface area (Å²) < 4.78 is 29.9. The average molecular weight is 216 g/mol. The molecule has 1 aliphatic carbocycles. The molecule has 1 N–H and O–H groups in total. The van der Waals surface area contributed by atoms with Crippen molar-refractivity contribution in [2.75, 3.05) is 5.75 Å². The standard InChI is InChI=1S/C10H16O3S/c1-8(2)10-5-3-9(4-6-10)7-14(11,12)13/h3,10H,1,4-7H2,2H3,(H,11,12,13). The van der Waals surface area contributed by atoms with Gasteiger partial charge in [0.05, 0.1) is 5.75 Å². The zero-order valence-corrected chi connectivity index (χ0v) is 9.18. The van der Waals surface area contributed by atoms with Gasteiger partial charge in [0, 0.05) is 0 Å². The summed E-state index contributed by atoms with van der Waals surface area (Å²) >= 11 is 0. The number of hydrogen-bond acceptors (Lipinski definition) is 2. The molecule has 0 heterocycles. The van der Waals surface area contributed by atoms with E-state index in [-0.39, 0.29) is 5.75 Å². The van der Waals surface area contributed by atoms with Gasteiger partial charge in [-0.25, -0.2) is 0 Å². The molecule has 1 rings (SSSR count). The molecule has 0 aliphatic heterocycles. The molecule has 1 unspecified atom stereocenters. The highest BCUT2D eigenvalue weighted by Gasteiger charge is 2.17. The lowest BCUT2D eigenvalue weighted by atomic mass is 9.86. The molecule has 1 atom stereocenters. The molecule has 80 valence electrons. The molecule has 1 aliphatic rings. The zero-order chi connectivity index (χ0) is 10.8. The van der Waals surface area contributed by atoms with Crippen LogP contribution in [0, 0.1) is 5.92 Å². The van der Waals surface area contributed by atoms with E-state index in [0.29, 0.717) is 5.92 Å². The molecular formula is C10H16O3S. The summed E-state index contributed by atoms with van der Waals surface area (Å²) in [5.41, 5.74) is 1.97. The Labute approximate surface area is 85.3 Å². The van der Waals surface area contributed by atoms with Crippen LogP contribution in [0.4, 0.5) is 0 Å². The van der Waals surface area contributed by atoms with Crippen LogP contribution in [0.1, 0.15) is 26.2 Å². The Balaban J connectivity index is 2.58. The molecule has 0 bridgehead atoms. The van der Waals surface area contributed by atoms with E-state index < -0.39 is 10.1 Å². The number of hydrogen-bond donors (Lipinski definition) is 1. The van der Waals surface area contributed by atoms with Gasteiger partial charge in [0.25, 0.3) is 10.1 Å². The van der Waals surface area contributed by atoms with E-state index in [2.05, 4.69) is 6.58 Å². The van der Waals surface area contributed by atoms with E-state index in [9.17, 15) is 8.42 Å². The Morgan fingerprint density at radius 1 is 1.71 bits per heavy atom. The van der Waals surface area contributed by atoms with Crippen molar-refractivity contribution >= 4 is 10.1 Å². The van der Waals surface area contributed by atoms with Crippen molar-refractivity contribution in [3.63, 3.8) is 0 Å². The molecule has 0 amide bonds. The summed E-state index contributed by atoms with van der Waals surface area (Å²) in [6, 6.07) is 0.